The number of hydrogen-bond donors (Lipinski definition) is 2. The van der Waals surface area contributed by atoms with Crippen LogP contribution in [0.5, 0.6) is 0 Å². The van der Waals surface area contributed by atoms with Gasteiger partial charge in [0.15, 0.2) is 0 Å². The standard InChI is InChI=1S/C14H17N3OS2/c1-17(8-9-6-4-3-5-7-9)14-12(19-2)10(15)11(20-14)13(16)18/h3-7H,8,15H2,1-2H3,(H2,16,18). The molecule has 1 aromatic carbocycles. The summed E-state index contributed by atoms with van der Waals surface area (Å²) in [4.78, 5) is 14.9. The molecule has 0 aliphatic rings. The molecule has 0 aliphatic carbocycles. The van der Waals surface area contributed by atoms with Gasteiger partial charge in [-0.05, 0) is 11.8 Å². The predicted molar refractivity (Wildman–Crippen MR) is 87.6 cm³/mol. The topological polar surface area (TPSA) is 72.3 Å². The van der Waals surface area contributed by atoms with E-state index in [0.29, 0.717) is 10.6 Å². The molecule has 106 valence electrons. The first-order chi connectivity index (χ1) is 9.54. The van der Waals surface area contributed by atoms with Crippen LogP contribution in [-0.4, -0.2) is 19.2 Å². The van der Waals surface area contributed by atoms with Crippen molar-refractivity contribution < 1.29 is 4.79 Å². The number of thioether (sulfide) groups is 1. The van der Waals surface area contributed by atoms with Crippen LogP contribution in [0.2, 0.25) is 0 Å². The molecule has 0 saturated heterocycles. The maximum atomic E-state index is 11.4. The van der Waals surface area contributed by atoms with E-state index in [1.165, 1.54) is 28.7 Å². The fourth-order valence-electron chi connectivity index (χ4n) is 1.98. The number of primary amides is 1. The Bertz CT molecular complexity index is 610. The zero-order valence-corrected chi connectivity index (χ0v) is 13.1. The van der Waals surface area contributed by atoms with Crippen LogP contribution in [0.15, 0.2) is 35.2 Å². The van der Waals surface area contributed by atoms with E-state index in [4.69, 9.17) is 11.5 Å². The zero-order valence-electron chi connectivity index (χ0n) is 11.4. The smallest absolute Gasteiger partial charge is 0.261 e. The molecule has 4 N–H and O–H groups in total. The minimum Gasteiger partial charge on any atom is -0.396 e. The molecule has 0 unspecified atom stereocenters. The van der Waals surface area contributed by atoms with Gasteiger partial charge in [-0.2, -0.15) is 0 Å². The van der Waals surface area contributed by atoms with E-state index in [-0.39, 0.29) is 0 Å². The first-order valence-electron chi connectivity index (χ1n) is 6.05. The van der Waals surface area contributed by atoms with Crippen molar-refractivity contribution in [2.75, 3.05) is 23.9 Å². The highest BCUT2D eigenvalue weighted by Gasteiger charge is 2.21. The van der Waals surface area contributed by atoms with Gasteiger partial charge in [-0.15, -0.1) is 23.1 Å². The third-order valence-corrected chi connectivity index (χ3v) is 5.20. The lowest BCUT2D eigenvalue weighted by Gasteiger charge is -2.18. The molecule has 0 atom stereocenters. The predicted octanol–water partition coefficient (Wildman–Crippen LogP) is 2.79. The monoisotopic (exact) mass is 307 g/mol. The second-order valence-corrected chi connectivity index (χ2v) is 6.20. The van der Waals surface area contributed by atoms with Crippen LogP contribution < -0.4 is 16.4 Å². The summed E-state index contributed by atoms with van der Waals surface area (Å²) < 4.78 is 0. The fourth-order valence-corrected chi connectivity index (χ4v) is 4.00. The lowest BCUT2D eigenvalue weighted by molar-refractivity contribution is 0.100. The third kappa shape index (κ3) is 2.91. The van der Waals surface area contributed by atoms with Crippen LogP contribution in [0.25, 0.3) is 0 Å². The number of rotatable bonds is 5. The molecular weight excluding hydrogens is 290 g/mol. The number of nitrogen functional groups attached to an aromatic ring is 1. The fraction of sp³-hybridized carbons (Fsp3) is 0.214. The van der Waals surface area contributed by atoms with E-state index in [2.05, 4.69) is 17.0 Å². The maximum Gasteiger partial charge on any atom is 0.261 e. The Kier molecular flexibility index (Phi) is 4.57. The summed E-state index contributed by atoms with van der Waals surface area (Å²) in [7, 11) is 1.99. The van der Waals surface area contributed by atoms with Gasteiger partial charge in [0.2, 0.25) is 0 Å². The molecule has 0 bridgehead atoms. The van der Waals surface area contributed by atoms with Crippen molar-refractivity contribution in [3.8, 4) is 0 Å². The summed E-state index contributed by atoms with van der Waals surface area (Å²) in [5.74, 6) is -0.470. The number of nitrogens with zero attached hydrogens (tertiary/aromatic N) is 1. The van der Waals surface area contributed by atoms with Gasteiger partial charge < -0.3 is 16.4 Å². The van der Waals surface area contributed by atoms with Crippen molar-refractivity contribution in [3.05, 3.63) is 40.8 Å². The van der Waals surface area contributed by atoms with Gasteiger partial charge in [0.1, 0.15) is 9.88 Å². The van der Waals surface area contributed by atoms with Crippen molar-refractivity contribution >= 4 is 39.7 Å². The van der Waals surface area contributed by atoms with Crippen LogP contribution in [0.3, 0.4) is 0 Å². The van der Waals surface area contributed by atoms with E-state index in [0.717, 1.165) is 16.4 Å². The summed E-state index contributed by atoms with van der Waals surface area (Å²) >= 11 is 2.89. The SMILES string of the molecule is CSc1c(N(C)Cc2ccccc2)sc(C(N)=O)c1N. The number of amides is 1. The highest BCUT2D eigenvalue weighted by Crippen LogP contribution is 2.43. The average Bonchev–Trinajstić information content (AvgIpc) is 2.77. The van der Waals surface area contributed by atoms with Crippen molar-refractivity contribution in [2.24, 2.45) is 5.73 Å². The minimum atomic E-state index is -0.470. The van der Waals surface area contributed by atoms with E-state index in [1.807, 2.05) is 31.5 Å². The summed E-state index contributed by atoms with van der Waals surface area (Å²) in [6, 6.07) is 10.2. The lowest BCUT2D eigenvalue weighted by atomic mass is 10.2. The van der Waals surface area contributed by atoms with Gasteiger partial charge in [0, 0.05) is 13.6 Å². The maximum absolute atomic E-state index is 11.4. The van der Waals surface area contributed by atoms with E-state index in [1.54, 1.807) is 0 Å². The molecule has 1 aromatic heterocycles. The van der Waals surface area contributed by atoms with Crippen LogP contribution in [-0.2, 0) is 6.54 Å². The second-order valence-electron chi connectivity index (χ2n) is 4.39. The number of nitrogens with two attached hydrogens (primary N) is 2. The largest absolute Gasteiger partial charge is 0.396 e. The number of carbonyl (C=O) groups is 1. The van der Waals surface area contributed by atoms with E-state index < -0.39 is 5.91 Å². The molecule has 20 heavy (non-hydrogen) atoms. The van der Waals surface area contributed by atoms with Gasteiger partial charge in [-0.3, -0.25) is 4.79 Å². The summed E-state index contributed by atoms with van der Waals surface area (Å²) in [6.07, 6.45) is 1.95. The molecule has 0 spiro atoms. The van der Waals surface area contributed by atoms with Crippen LogP contribution in [0.4, 0.5) is 10.7 Å². The number of thiophene rings is 1. The number of anilines is 2. The van der Waals surface area contributed by atoms with Crippen LogP contribution in [0.1, 0.15) is 15.2 Å². The molecular formula is C14H17N3OS2. The van der Waals surface area contributed by atoms with Crippen LogP contribution >= 0.6 is 23.1 Å². The molecule has 2 rings (SSSR count). The highest BCUT2D eigenvalue weighted by molar-refractivity contribution is 7.99. The lowest BCUT2D eigenvalue weighted by Crippen LogP contribution is -2.15. The Morgan fingerprint density at radius 2 is 2.00 bits per heavy atom. The molecule has 0 saturated carbocycles. The quantitative estimate of drug-likeness (QED) is 0.833. The van der Waals surface area contributed by atoms with Gasteiger partial charge in [0.25, 0.3) is 5.91 Å². The molecule has 6 heteroatoms. The Morgan fingerprint density at radius 1 is 1.35 bits per heavy atom. The zero-order chi connectivity index (χ0) is 14.7. The molecule has 4 nitrogen and oxygen atoms in total. The van der Waals surface area contributed by atoms with Gasteiger partial charge in [-0.1, -0.05) is 30.3 Å². The Labute approximate surface area is 126 Å². The van der Waals surface area contributed by atoms with Gasteiger partial charge in [-0.25, -0.2) is 0 Å². The van der Waals surface area contributed by atoms with Crippen molar-refractivity contribution in [3.63, 3.8) is 0 Å². The summed E-state index contributed by atoms with van der Waals surface area (Å²) in [6.45, 7) is 0.757. The highest BCUT2D eigenvalue weighted by atomic mass is 32.2. The van der Waals surface area contributed by atoms with E-state index >= 15 is 0 Å². The molecule has 0 aliphatic heterocycles. The normalized spacial score (nSPS) is 10.5. The minimum absolute atomic E-state index is 0.435. The first kappa shape index (κ1) is 14.7. The molecule has 2 aromatic rings. The van der Waals surface area contributed by atoms with Crippen LogP contribution in [0, 0.1) is 0 Å². The van der Waals surface area contributed by atoms with Crippen molar-refractivity contribution in [2.45, 2.75) is 11.4 Å². The summed E-state index contributed by atoms with van der Waals surface area (Å²) in [5.41, 5.74) is 13.1. The molecule has 0 radical (unpaired) electrons. The Morgan fingerprint density at radius 3 is 2.55 bits per heavy atom. The third-order valence-electron chi connectivity index (χ3n) is 2.92. The number of hydrogen-bond acceptors (Lipinski definition) is 5. The first-order valence-corrected chi connectivity index (χ1v) is 8.09. The molecule has 1 amide bonds. The Balaban J connectivity index is 2.32. The number of carbonyl (C=O) groups excluding carboxylic acids is 1. The molecule has 1 heterocycles. The average molecular weight is 307 g/mol. The number of benzene rings is 1. The molecule has 0 fully saturated rings. The Hall–Kier alpha value is -1.66. The second kappa shape index (κ2) is 6.19. The van der Waals surface area contributed by atoms with E-state index in [9.17, 15) is 4.79 Å². The summed E-state index contributed by atoms with van der Waals surface area (Å²) in [5, 5.41) is 0.979. The van der Waals surface area contributed by atoms with Crippen molar-refractivity contribution in [1.82, 2.24) is 0 Å². The van der Waals surface area contributed by atoms with Gasteiger partial charge >= 0.3 is 0 Å². The van der Waals surface area contributed by atoms with Gasteiger partial charge in [0.05, 0.1) is 10.6 Å². The van der Waals surface area contributed by atoms with Crippen molar-refractivity contribution in [1.29, 1.82) is 0 Å².